The van der Waals surface area contributed by atoms with Gasteiger partial charge in [0.1, 0.15) is 10.6 Å². The van der Waals surface area contributed by atoms with Gasteiger partial charge < -0.3 is 9.64 Å². The summed E-state index contributed by atoms with van der Waals surface area (Å²) in [5, 5.41) is 0.792. The number of para-hydroxylation sites is 1. The van der Waals surface area contributed by atoms with Crippen LogP contribution in [0, 0.1) is 0 Å². The minimum absolute atomic E-state index is 0.100. The van der Waals surface area contributed by atoms with E-state index in [4.69, 9.17) is 23.2 Å². The van der Waals surface area contributed by atoms with Crippen LogP contribution in [0.15, 0.2) is 47.4 Å². The predicted molar refractivity (Wildman–Crippen MR) is 101 cm³/mol. The van der Waals surface area contributed by atoms with Gasteiger partial charge in [-0.2, -0.15) is 4.31 Å². The first-order chi connectivity index (χ1) is 13.1. The van der Waals surface area contributed by atoms with Gasteiger partial charge in [0, 0.05) is 31.9 Å². The maximum atomic E-state index is 12.9. The number of alkyl halides is 3. The second-order valence-electron chi connectivity index (χ2n) is 5.98. The Balaban J connectivity index is 1.77. The van der Waals surface area contributed by atoms with Crippen LogP contribution in [0.25, 0.3) is 0 Å². The number of nitrogens with zero attached hydrogens (tertiary/aromatic N) is 2. The Morgan fingerprint density at radius 3 is 2.18 bits per heavy atom. The van der Waals surface area contributed by atoms with Crippen molar-refractivity contribution in [1.82, 2.24) is 4.31 Å². The number of rotatable bonds is 4. The normalized spacial score (nSPS) is 16.2. The van der Waals surface area contributed by atoms with Crippen molar-refractivity contribution in [3.63, 3.8) is 0 Å². The molecule has 0 radical (unpaired) electrons. The lowest BCUT2D eigenvalue weighted by molar-refractivity contribution is -0.275. The molecule has 0 atom stereocenters. The molecule has 1 fully saturated rings. The van der Waals surface area contributed by atoms with Crippen molar-refractivity contribution in [3.8, 4) is 5.75 Å². The third-order valence-electron chi connectivity index (χ3n) is 4.20. The van der Waals surface area contributed by atoms with Gasteiger partial charge in [-0.3, -0.25) is 0 Å². The lowest BCUT2D eigenvalue weighted by atomic mass is 10.2. The molecule has 0 amide bonds. The van der Waals surface area contributed by atoms with E-state index in [0.717, 1.165) is 22.1 Å². The van der Waals surface area contributed by atoms with E-state index < -0.39 is 27.0 Å². The number of piperazine rings is 1. The molecule has 11 heteroatoms. The molecule has 28 heavy (non-hydrogen) atoms. The molecule has 2 aromatic rings. The number of benzene rings is 2. The molecule has 0 saturated carbocycles. The second kappa shape index (κ2) is 7.98. The SMILES string of the molecule is O=S(=O)(c1ccccc1OC(F)(F)F)N1CCN(c2ccc(Cl)c(Cl)c2)CC1. The van der Waals surface area contributed by atoms with Gasteiger partial charge in [-0.1, -0.05) is 35.3 Å². The molecule has 152 valence electrons. The van der Waals surface area contributed by atoms with Crippen LogP contribution in [-0.2, 0) is 10.0 Å². The first-order valence-corrected chi connectivity index (χ1v) is 10.3. The number of halogens is 5. The summed E-state index contributed by atoms with van der Waals surface area (Å²) in [7, 11) is -4.15. The van der Waals surface area contributed by atoms with Crippen molar-refractivity contribution >= 4 is 38.9 Å². The first-order valence-electron chi connectivity index (χ1n) is 8.13. The largest absolute Gasteiger partial charge is 0.573 e. The molecular formula is C17H15Cl2F3N2O3S. The highest BCUT2D eigenvalue weighted by Gasteiger charge is 2.36. The molecule has 2 aromatic carbocycles. The fraction of sp³-hybridized carbons (Fsp3) is 0.294. The van der Waals surface area contributed by atoms with E-state index in [9.17, 15) is 21.6 Å². The lowest BCUT2D eigenvalue weighted by Gasteiger charge is -2.35. The standard InChI is InChI=1S/C17H15Cl2F3N2O3S/c18-13-6-5-12(11-14(13)19)23-7-9-24(10-8-23)28(25,26)16-4-2-1-3-15(16)27-17(20,21)22/h1-6,11H,7-10H2. The van der Waals surface area contributed by atoms with Crippen LogP contribution in [0.2, 0.25) is 10.0 Å². The molecule has 5 nitrogen and oxygen atoms in total. The van der Waals surface area contributed by atoms with Crippen LogP contribution in [0.5, 0.6) is 5.75 Å². The molecule has 1 aliphatic heterocycles. The summed E-state index contributed by atoms with van der Waals surface area (Å²) in [6.07, 6.45) is -4.99. The Kier molecular flexibility index (Phi) is 6.00. The van der Waals surface area contributed by atoms with E-state index in [1.165, 1.54) is 12.1 Å². The highest BCUT2D eigenvalue weighted by molar-refractivity contribution is 7.89. The van der Waals surface area contributed by atoms with Gasteiger partial charge >= 0.3 is 6.36 Å². The van der Waals surface area contributed by atoms with Crippen LogP contribution < -0.4 is 9.64 Å². The lowest BCUT2D eigenvalue weighted by Crippen LogP contribution is -2.48. The van der Waals surface area contributed by atoms with E-state index in [1.807, 2.05) is 4.90 Å². The van der Waals surface area contributed by atoms with E-state index in [1.54, 1.807) is 18.2 Å². The average molecular weight is 455 g/mol. The van der Waals surface area contributed by atoms with Crippen molar-refractivity contribution in [1.29, 1.82) is 0 Å². The smallest absolute Gasteiger partial charge is 0.404 e. The highest BCUT2D eigenvalue weighted by atomic mass is 35.5. The fourth-order valence-corrected chi connectivity index (χ4v) is 4.71. The quantitative estimate of drug-likeness (QED) is 0.686. The number of ether oxygens (including phenoxy) is 1. The maximum Gasteiger partial charge on any atom is 0.573 e. The molecule has 0 unspecified atom stereocenters. The fourth-order valence-electron chi connectivity index (χ4n) is 2.88. The van der Waals surface area contributed by atoms with Crippen molar-refractivity contribution < 1.29 is 26.3 Å². The van der Waals surface area contributed by atoms with Crippen molar-refractivity contribution in [3.05, 3.63) is 52.5 Å². The Bertz CT molecular complexity index is 962. The van der Waals surface area contributed by atoms with E-state index >= 15 is 0 Å². The summed E-state index contributed by atoms with van der Waals surface area (Å²) in [6, 6.07) is 9.80. The van der Waals surface area contributed by atoms with Crippen molar-refractivity contribution in [2.45, 2.75) is 11.3 Å². The Hall–Kier alpha value is -1.68. The summed E-state index contributed by atoms with van der Waals surface area (Å²) >= 11 is 11.9. The van der Waals surface area contributed by atoms with Gasteiger partial charge in [0.2, 0.25) is 10.0 Å². The minimum Gasteiger partial charge on any atom is -0.404 e. The van der Waals surface area contributed by atoms with Crippen LogP contribution in [0.1, 0.15) is 0 Å². The summed E-state index contributed by atoms with van der Waals surface area (Å²) in [5.74, 6) is -0.748. The van der Waals surface area contributed by atoms with Gasteiger partial charge in [-0.05, 0) is 30.3 Å². The number of sulfonamides is 1. The Morgan fingerprint density at radius 1 is 0.929 bits per heavy atom. The molecule has 0 aromatic heterocycles. The summed E-state index contributed by atoms with van der Waals surface area (Å²) in [5.41, 5.74) is 0.784. The number of hydrogen-bond acceptors (Lipinski definition) is 4. The van der Waals surface area contributed by atoms with Gasteiger partial charge in [0.25, 0.3) is 0 Å². The van der Waals surface area contributed by atoms with Gasteiger partial charge in [0.05, 0.1) is 10.0 Å². The zero-order chi connectivity index (χ0) is 20.5. The summed E-state index contributed by atoms with van der Waals surface area (Å²) in [6.45, 7) is 0.894. The van der Waals surface area contributed by atoms with Crippen molar-refractivity contribution in [2.75, 3.05) is 31.1 Å². The predicted octanol–water partition coefficient (Wildman–Crippen LogP) is 4.40. The molecule has 0 bridgehead atoms. The van der Waals surface area contributed by atoms with Crippen molar-refractivity contribution in [2.24, 2.45) is 0 Å². The first kappa shape index (κ1) is 21.0. The average Bonchev–Trinajstić information content (AvgIpc) is 2.63. The van der Waals surface area contributed by atoms with E-state index in [2.05, 4.69) is 4.74 Å². The zero-order valence-electron chi connectivity index (χ0n) is 14.3. The zero-order valence-corrected chi connectivity index (χ0v) is 16.6. The number of hydrogen-bond donors (Lipinski definition) is 0. The van der Waals surface area contributed by atoms with Crippen LogP contribution in [0.4, 0.5) is 18.9 Å². The third-order valence-corrected chi connectivity index (χ3v) is 6.88. The van der Waals surface area contributed by atoms with E-state index in [0.29, 0.717) is 23.1 Å². The Morgan fingerprint density at radius 2 is 1.57 bits per heavy atom. The van der Waals surface area contributed by atoms with E-state index in [-0.39, 0.29) is 13.1 Å². The maximum absolute atomic E-state index is 12.9. The minimum atomic E-state index is -4.99. The summed E-state index contributed by atoms with van der Waals surface area (Å²) in [4.78, 5) is 1.40. The monoisotopic (exact) mass is 454 g/mol. The molecule has 0 aliphatic carbocycles. The molecule has 1 saturated heterocycles. The van der Waals surface area contributed by atoms with Crippen LogP contribution in [-0.4, -0.2) is 45.3 Å². The van der Waals surface area contributed by atoms with Gasteiger partial charge in [0.15, 0.2) is 0 Å². The number of anilines is 1. The Labute approximate surface area is 170 Å². The molecule has 0 N–H and O–H groups in total. The molecule has 1 heterocycles. The van der Waals surface area contributed by atoms with Gasteiger partial charge in [-0.15, -0.1) is 13.2 Å². The molecule has 0 spiro atoms. The third kappa shape index (κ3) is 4.65. The topological polar surface area (TPSA) is 49.9 Å². The summed E-state index contributed by atoms with van der Waals surface area (Å²) < 4.78 is 68.5. The van der Waals surface area contributed by atoms with Crippen LogP contribution in [0.3, 0.4) is 0 Å². The highest BCUT2D eigenvalue weighted by Crippen LogP contribution is 2.32. The second-order valence-corrected chi connectivity index (χ2v) is 8.70. The van der Waals surface area contributed by atoms with Crippen LogP contribution >= 0.6 is 23.2 Å². The molecule has 3 rings (SSSR count). The molecular weight excluding hydrogens is 440 g/mol. The molecule has 1 aliphatic rings. The van der Waals surface area contributed by atoms with Gasteiger partial charge in [-0.25, -0.2) is 8.42 Å².